The molecule has 4 rings (SSSR count). The molecule has 3 aromatic rings. The molecule has 1 aliphatic rings. The minimum absolute atomic E-state index is 0.0585. The average molecular weight is 519 g/mol. The zero-order chi connectivity index (χ0) is 26.4. The van der Waals surface area contributed by atoms with Crippen molar-refractivity contribution >= 4 is 23.0 Å². The van der Waals surface area contributed by atoms with Crippen molar-refractivity contribution in [1.29, 1.82) is 0 Å². The number of aromatic nitrogens is 3. The van der Waals surface area contributed by atoms with Crippen molar-refractivity contribution in [3.63, 3.8) is 0 Å². The third kappa shape index (κ3) is 6.99. The number of halogens is 3. The normalized spacial score (nSPS) is 15.4. The standard InChI is InChI=1S/C26H29F3N4O4/c1-36-25(35)23(18-6-3-2-4-7-18)32-22(34)14-13-21-31-20-8-5-15-30-24(20)33(21)16-17-9-11-19(12-10-17)37-26(27,28)29/h5,8-12,15,18,23H,2-4,6-7,13-14,16H2,1H3,(H,32,34)/t23-/m1/s1. The number of hydrogen-bond donors (Lipinski definition) is 1. The Labute approximate surface area is 212 Å². The van der Waals surface area contributed by atoms with E-state index in [-0.39, 0.29) is 30.4 Å². The number of amides is 1. The molecular formula is C26H29F3N4O4. The molecule has 1 saturated carbocycles. The minimum atomic E-state index is -4.76. The molecule has 2 aromatic heterocycles. The predicted octanol–water partition coefficient (Wildman–Crippen LogP) is 4.55. The van der Waals surface area contributed by atoms with E-state index in [2.05, 4.69) is 20.0 Å². The molecule has 0 saturated heterocycles. The first-order valence-electron chi connectivity index (χ1n) is 12.3. The number of nitrogens with zero attached hydrogens (tertiary/aromatic N) is 3. The third-order valence-electron chi connectivity index (χ3n) is 6.55. The van der Waals surface area contributed by atoms with Crippen LogP contribution in [-0.2, 0) is 27.3 Å². The Morgan fingerprint density at radius 2 is 1.86 bits per heavy atom. The first kappa shape index (κ1) is 26.4. The van der Waals surface area contributed by atoms with E-state index in [4.69, 9.17) is 4.74 Å². The number of imidazole rings is 1. The fraction of sp³-hybridized carbons (Fsp3) is 0.462. The highest BCUT2D eigenvalue weighted by molar-refractivity contribution is 5.84. The van der Waals surface area contributed by atoms with Crippen LogP contribution >= 0.6 is 0 Å². The summed E-state index contributed by atoms with van der Waals surface area (Å²) in [7, 11) is 1.32. The van der Waals surface area contributed by atoms with Crippen molar-refractivity contribution in [3.8, 4) is 5.75 Å². The summed E-state index contributed by atoms with van der Waals surface area (Å²) >= 11 is 0. The van der Waals surface area contributed by atoms with Crippen LogP contribution in [0, 0.1) is 5.92 Å². The number of rotatable bonds is 9. The number of esters is 1. The minimum Gasteiger partial charge on any atom is -0.467 e. The Kier molecular flexibility index (Phi) is 8.30. The second-order valence-electron chi connectivity index (χ2n) is 9.12. The molecule has 11 heteroatoms. The fourth-order valence-electron chi connectivity index (χ4n) is 4.78. The van der Waals surface area contributed by atoms with Crippen LogP contribution in [0.1, 0.15) is 49.9 Å². The summed E-state index contributed by atoms with van der Waals surface area (Å²) in [5.41, 5.74) is 1.96. The second-order valence-corrected chi connectivity index (χ2v) is 9.12. The van der Waals surface area contributed by atoms with Gasteiger partial charge in [-0.05, 0) is 48.6 Å². The van der Waals surface area contributed by atoms with Crippen LogP contribution in [-0.4, -0.2) is 45.9 Å². The molecular weight excluding hydrogens is 489 g/mol. The topological polar surface area (TPSA) is 95.3 Å². The number of nitrogens with one attached hydrogen (secondary N) is 1. The molecule has 37 heavy (non-hydrogen) atoms. The van der Waals surface area contributed by atoms with Crippen LogP contribution in [0.25, 0.3) is 11.2 Å². The Bertz CT molecular complexity index is 1220. The Morgan fingerprint density at radius 3 is 2.54 bits per heavy atom. The molecule has 1 aromatic carbocycles. The van der Waals surface area contributed by atoms with Crippen LogP contribution in [0.2, 0.25) is 0 Å². The van der Waals surface area contributed by atoms with E-state index in [9.17, 15) is 22.8 Å². The van der Waals surface area contributed by atoms with Gasteiger partial charge in [-0.25, -0.2) is 14.8 Å². The average Bonchev–Trinajstić information content (AvgIpc) is 3.23. The summed E-state index contributed by atoms with van der Waals surface area (Å²) in [6.07, 6.45) is 2.16. The van der Waals surface area contributed by atoms with E-state index in [1.807, 2.05) is 4.57 Å². The van der Waals surface area contributed by atoms with Gasteiger partial charge in [-0.15, -0.1) is 13.2 Å². The van der Waals surface area contributed by atoms with Crippen molar-refractivity contribution in [1.82, 2.24) is 19.9 Å². The number of carbonyl (C=O) groups excluding carboxylic acids is 2. The van der Waals surface area contributed by atoms with Gasteiger partial charge in [0.2, 0.25) is 5.91 Å². The quantitative estimate of drug-likeness (QED) is 0.418. The largest absolute Gasteiger partial charge is 0.573 e. The molecule has 1 atom stereocenters. The van der Waals surface area contributed by atoms with E-state index < -0.39 is 18.4 Å². The van der Waals surface area contributed by atoms with Crippen molar-refractivity contribution in [2.75, 3.05) is 7.11 Å². The molecule has 1 N–H and O–H groups in total. The van der Waals surface area contributed by atoms with E-state index in [1.165, 1.54) is 31.4 Å². The molecule has 0 unspecified atom stereocenters. The number of ether oxygens (including phenoxy) is 2. The van der Waals surface area contributed by atoms with Gasteiger partial charge in [-0.2, -0.15) is 0 Å². The Balaban J connectivity index is 1.47. The summed E-state index contributed by atoms with van der Waals surface area (Å²) in [4.78, 5) is 34.2. The van der Waals surface area contributed by atoms with Gasteiger partial charge >= 0.3 is 12.3 Å². The number of pyridine rings is 1. The SMILES string of the molecule is COC(=O)[C@H](NC(=O)CCc1nc2cccnc2n1Cc1ccc(OC(F)(F)F)cc1)C1CCCCC1. The lowest BCUT2D eigenvalue weighted by Gasteiger charge is -2.29. The highest BCUT2D eigenvalue weighted by Crippen LogP contribution is 2.27. The van der Waals surface area contributed by atoms with Gasteiger partial charge in [0.1, 0.15) is 23.1 Å². The summed E-state index contributed by atoms with van der Waals surface area (Å²) in [6.45, 7) is 0.295. The highest BCUT2D eigenvalue weighted by atomic mass is 19.4. The van der Waals surface area contributed by atoms with Crippen LogP contribution in [0.15, 0.2) is 42.6 Å². The monoisotopic (exact) mass is 518 g/mol. The maximum absolute atomic E-state index is 12.8. The molecule has 1 amide bonds. The molecule has 0 aliphatic heterocycles. The van der Waals surface area contributed by atoms with E-state index >= 15 is 0 Å². The van der Waals surface area contributed by atoms with Crippen LogP contribution in [0.4, 0.5) is 13.2 Å². The number of alkyl halides is 3. The van der Waals surface area contributed by atoms with E-state index in [0.29, 0.717) is 29.1 Å². The van der Waals surface area contributed by atoms with E-state index in [1.54, 1.807) is 18.3 Å². The van der Waals surface area contributed by atoms with Crippen molar-refractivity contribution in [2.45, 2.75) is 63.9 Å². The summed E-state index contributed by atoms with van der Waals surface area (Å²) < 4.78 is 48.1. The van der Waals surface area contributed by atoms with Crippen LogP contribution in [0.5, 0.6) is 5.75 Å². The lowest BCUT2D eigenvalue weighted by atomic mass is 9.84. The van der Waals surface area contributed by atoms with Crippen molar-refractivity contribution < 1.29 is 32.2 Å². The summed E-state index contributed by atoms with van der Waals surface area (Å²) in [6, 6.07) is 8.47. The molecule has 0 radical (unpaired) electrons. The maximum Gasteiger partial charge on any atom is 0.573 e. The lowest BCUT2D eigenvalue weighted by molar-refractivity contribution is -0.274. The van der Waals surface area contributed by atoms with Crippen molar-refractivity contribution in [2.24, 2.45) is 5.92 Å². The van der Waals surface area contributed by atoms with Crippen LogP contribution < -0.4 is 10.1 Å². The predicted molar refractivity (Wildman–Crippen MR) is 129 cm³/mol. The second kappa shape index (κ2) is 11.6. The first-order chi connectivity index (χ1) is 17.7. The van der Waals surface area contributed by atoms with Gasteiger partial charge in [0.25, 0.3) is 0 Å². The number of methoxy groups -OCH3 is 1. The Hall–Kier alpha value is -3.63. The number of fused-ring (bicyclic) bond motifs is 1. The first-order valence-corrected chi connectivity index (χ1v) is 12.3. The fourth-order valence-corrected chi connectivity index (χ4v) is 4.78. The molecule has 8 nitrogen and oxygen atoms in total. The molecule has 1 fully saturated rings. The molecule has 1 aliphatic carbocycles. The van der Waals surface area contributed by atoms with Gasteiger partial charge < -0.3 is 19.4 Å². The number of carbonyl (C=O) groups is 2. The zero-order valence-electron chi connectivity index (χ0n) is 20.5. The van der Waals surface area contributed by atoms with Gasteiger partial charge in [-0.1, -0.05) is 31.4 Å². The summed E-state index contributed by atoms with van der Waals surface area (Å²) in [5, 5.41) is 2.86. The molecule has 198 valence electrons. The third-order valence-corrected chi connectivity index (χ3v) is 6.55. The number of aryl methyl sites for hydroxylation is 1. The van der Waals surface area contributed by atoms with Gasteiger partial charge in [0, 0.05) is 19.0 Å². The number of hydrogen-bond acceptors (Lipinski definition) is 6. The Morgan fingerprint density at radius 1 is 1.14 bits per heavy atom. The zero-order valence-corrected chi connectivity index (χ0v) is 20.5. The summed E-state index contributed by atoms with van der Waals surface area (Å²) in [5.74, 6) is -0.356. The lowest BCUT2D eigenvalue weighted by Crippen LogP contribution is -2.47. The number of benzene rings is 1. The van der Waals surface area contributed by atoms with Gasteiger partial charge in [0.15, 0.2) is 5.65 Å². The van der Waals surface area contributed by atoms with Crippen LogP contribution in [0.3, 0.4) is 0 Å². The van der Waals surface area contributed by atoms with Gasteiger partial charge in [0.05, 0.1) is 13.7 Å². The van der Waals surface area contributed by atoms with Crippen molar-refractivity contribution in [3.05, 3.63) is 54.0 Å². The molecule has 0 spiro atoms. The molecule has 0 bridgehead atoms. The molecule has 2 heterocycles. The smallest absolute Gasteiger partial charge is 0.467 e. The van der Waals surface area contributed by atoms with Gasteiger partial charge in [-0.3, -0.25) is 4.79 Å². The maximum atomic E-state index is 12.8. The van der Waals surface area contributed by atoms with E-state index in [0.717, 1.165) is 32.1 Å². The highest BCUT2D eigenvalue weighted by Gasteiger charge is 2.32.